The number of nitrogens with one attached hydrogen (secondary N) is 1. The van der Waals surface area contributed by atoms with Gasteiger partial charge in [0, 0.05) is 18.7 Å². The molecule has 5 nitrogen and oxygen atoms in total. The summed E-state index contributed by atoms with van der Waals surface area (Å²) < 4.78 is 26.5. The molecule has 1 N–H and O–H groups in total. The molecule has 4 rings (SSSR count). The highest BCUT2D eigenvalue weighted by Crippen LogP contribution is 2.25. The Bertz CT molecular complexity index is 1010. The van der Waals surface area contributed by atoms with Crippen molar-refractivity contribution in [1.82, 2.24) is 9.62 Å². The van der Waals surface area contributed by atoms with Gasteiger partial charge >= 0.3 is 0 Å². The van der Waals surface area contributed by atoms with E-state index in [1.807, 2.05) is 6.92 Å². The summed E-state index contributed by atoms with van der Waals surface area (Å²) >= 11 is 0. The van der Waals surface area contributed by atoms with E-state index in [0.29, 0.717) is 24.2 Å². The van der Waals surface area contributed by atoms with Crippen LogP contribution in [0.25, 0.3) is 0 Å². The van der Waals surface area contributed by atoms with Crippen LogP contribution in [0.1, 0.15) is 71.3 Å². The average molecular weight is 427 g/mol. The number of benzene rings is 2. The molecule has 0 saturated carbocycles. The van der Waals surface area contributed by atoms with E-state index < -0.39 is 10.0 Å². The van der Waals surface area contributed by atoms with Crippen LogP contribution in [0.5, 0.6) is 0 Å². The third-order valence-corrected chi connectivity index (χ3v) is 8.09. The third kappa shape index (κ3) is 4.76. The Morgan fingerprint density at radius 2 is 1.63 bits per heavy atom. The molecule has 0 spiro atoms. The van der Waals surface area contributed by atoms with Gasteiger partial charge in [-0.1, -0.05) is 30.3 Å². The maximum Gasteiger partial charge on any atom is 0.251 e. The number of sulfonamides is 1. The van der Waals surface area contributed by atoms with E-state index in [4.69, 9.17) is 0 Å². The molecule has 2 aromatic carbocycles. The Hall–Kier alpha value is -2.18. The molecule has 1 fully saturated rings. The van der Waals surface area contributed by atoms with Gasteiger partial charge in [-0.3, -0.25) is 4.79 Å². The fourth-order valence-electron chi connectivity index (χ4n) is 4.41. The monoisotopic (exact) mass is 426 g/mol. The zero-order chi connectivity index (χ0) is 21.1. The number of hydrogen-bond acceptors (Lipinski definition) is 3. The number of aryl methyl sites for hydroxylation is 2. The average Bonchev–Trinajstić information content (AvgIpc) is 3.29. The second kappa shape index (κ2) is 8.90. The van der Waals surface area contributed by atoms with Gasteiger partial charge in [-0.2, -0.15) is 0 Å². The predicted octanol–water partition coefficient (Wildman–Crippen LogP) is 3.98. The van der Waals surface area contributed by atoms with Gasteiger partial charge in [0.25, 0.3) is 5.91 Å². The highest BCUT2D eigenvalue weighted by molar-refractivity contribution is 7.88. The number of nitrogens with zero attached hydrogens (tertiary/aromatic N) is 1. The molecule has 30 heavy (non-hydrogen) atoms. The fraction of sp³-hybridized carbons (Fsp3) is 0.458. The topological polar surface area (TPSA) is 66.5 Å². The van der Waals surface area contributed by atoms with Crippen molar-refractivity contribution in [3.63, 3.8) is 0 Å². The standard InChI is InChI=1S/C24H30N2O3S/c1-18(22-13-12-20-6-2-3-7-23(20)16-22)25-24(27)21-10-8-19(9-11-21)17-30(28,29)26-14-4-5-15-26/h8-13,16,18H,2-7,14-15,17H2,1H3,(H,25,27)/t18-/m0/s1. The second-order valence-corrected chi connectivity index (χ2v) is 10.5. The van der Waals surface area contributed by atoms with Gasteiger partial charge in [-0.25, -0.2) is 12.7 Å². The van der Waals surface area contributed by atoms with Crippen LogP contribution in [0.15, 0.2) is 42.5 Å². The summed E-state index contributed by atoms with van der Waals surface area (Å²) in [4.78, 5) is 12.7. The first-order chi connectivity index (χ1) is 14.4. The molecule has 0 unspecified atom stereocenters. The Balaban J connectivity index is 1.39. The molecule has 1 amide bonds. The number of hydrogen-bond donors (Lipinski definition) is 1. The van der Waals surface area contributed by atoms with Gasteiger partial charge in [0.1, 0.15) is 0 Å². The lowest BCUT2D eigenvalue weighted by molar-refractivity contribution is 0.0940. The minimum atomic E-state index is -3.28. The molecular formula is C24H30N2O3S. The van der Waals surface area contributed by atoms with Crippen molar-refractivity contribution in [2.75, 3.05) is 13.1 Å². The summed E-state index contributed by atoms with van der Waals surface area (Å²) in [5.74, 6) is -0.158. The van der Waals surface area contributed by atoms with Crippen LogP contribution >= 0.6 is 0 Å². The van der Waals surface area contributed by atoms with Crippen molar-refractivity contribution in [2.24, 2.45) is 0 Å². The Morgan fingerprint density at radius 3 is 2.33 bits per heavy atom. The quantitative estimate of drug-likeness (QED) is 0.760. The van der Waals surface area contributed by atoms with Gasteiger partial charge in [0.05, 0.1) is 11.8 Å². The lowest BCUT2D eigenvalue weighted by Gasteiger charge is -2.20. The highest BCUT2D eigenvalue weighted by atomic mass is 32.2. The molecule has 1 saturated heterocycles. The van der Waals surface area contributed by atoms with Crippen molar-refractivity contribution >= 4 is 15.9 Å². The summed E-state index contributed by atoms with van der Waals surface area (Å²) in [5, 5.41) is 3.07. The summed E-state index contributed by atoms with van der Waals surface area (Å²) in [6.45, 7) is 3.23. The Labute approximate surface area is 179 Å². The zero-order valence-electron chi connectivity index (χ0n) is 17.6. The summed E-state index contributed by atoms with van der Waals surface area (Å²) in [5.41, 5.74) is 5.21. The largest absolute Gasteiger partial charge is 0.346 e. The number of carbonyl (C=O) groups is 1. The number of carbonyl (C=O) groups excluding carboxylic acids is 1. The van der Waals surface area contributed by atoms with Crippen molar-refractivity contribution in [3.8, 4) is 0 Å². The van der Waals surface area contributed by atoms with Gasteiger partial charge in [0.2, 0.25) is 10.0 Å². The molecule has 2 aliphatic rings. The molecule has 2 aromatic rings. The van der Waals surface area contributed by atoms with Gasteiger partial charge < -0.3 is 5.32 Å². The van der Waals surface area contributed by atoms with E-state index >= 15 is 0 Å². The van der Waals surface area contributed by atoms with Crippen LogP contribution in [-0.4, -0.2) is 31.7 Å². The molecule has 1 heterocycles. The van der Waals surface area contributed by atoms with Crippen LogP contribution < -0.4 is 5.32 Å². The number of fused-ring (bicyclic) bond motifs is 1. The van der Waals surface area contributed by atoms with Crippen molar-refractivity contribution < 1.29 is 13.2 Å². The number of amides is 1. The van der Waals surface area contributed by atoms with Crippen LogP contribution in [0.3, 0.4) is 0 Å². The summed E-state index contributed by atoms with van der Waals surface area (Å²) in [6, 6.07) is 13.4. The first kappa shape index (κ1) is 21.1. The van der Waals surface area contributed by atoms with Crippen LogP contribution in [0.4, 0.5) is 0 Å². The molecule has 1 atom stereocenters. The molecule has 1 aliphatic heterocycles. The maximum absolute atomic E-state index is 12.7. The SMILES string of the molecule is C[C@H](NC(=O)c1ccc(CS(=O)(=O)N2CCCC2)cc1)c1ccc2c(c1)CCCC2. The fourth-order valence-corrected chi connectivity index (χ4v) is 6.02. The maximum atomic E-state index is 12.7. The molecule has 0 aromatic heterocycles. The zero-order valence-corrected chi connectivity index (χ0v) is 18.4. The van der Waals surface area contributed by atoms with Crippen LogP contribution in [0, 0.1) is 0 Å². The van der Waals surface area contributed by atoms with E-state index in [2.05, 4.69) is 23.5 Å². The van der Waals surface area contributed by atoms with Crippen LogP contribution in [0.2, 0.25) is 0 Å². The van der Waals surface area contributed by atoms with Gasteiger partial charge in [-0.15, -0.1) is 0 Å². The lowest BCUT2D eigenvalue weighted by Crippen LogP contribution is -2.29. The molecule has 160 valence electrons. The number of rotatable bonds is 6. The van der Waals surface area contributed by atoms with E-state index in [1.54, 1.807) is 28.6 Å². The Kier molecular flexibility index (Phi) is 6.25. The lowest BCUT2D eigenvalue weighted by atomic mass is 9.89. The molecule has 0 bridgehead atoms. The second-order valence-electron chi connectivity index (χ2n) is 8.49. The summed E-state index contributed by atoms with van der Waals surface area (Å²) in [6.07, 6.45) is 6.62. The van der Waals surface area contributed by atoms with E-state index in [0.717, 1.165) is 31.2 Å². The molecule has 6 heteroatoms. The van der Waals surface area contributed by atoms with Crippen molar-refractivity contribution in [2.45, 2.75) is 57.2 Å². The smallest absolute Gasteiger partial charge is 0.251 e. The Morgan fingerprint density at radius 1 is 0.967 bits per heavy atom. The molecule has 0 radical (unpaired) electrons. The predicted molar refractivity (Wildman–Crippen MR) is 119 cm³/mol. The van der Waals surface area contributed by atoms with E-state index in [9.17, 15) is 13.2 Å². The highest BCUT2D eigenvalue weighted by Gasteiger charge is 2.25. The van der Waals surface area contributed by atoms with Crippen LogP contribution in [-0.2, 0) is 28.6 Å². The van der Waals surface area contributed by atoms with Crippen molar-refractivity contribution in [1.29, 1.82) is 0 Å². The minimum Gasteiger partial charge on any atom is -0.346 e. The third-order valence-electron chi connectivity index (χ3n) is 6.24. The first-order valence-corrected chi connectivity index (χ1v) is 12.5. The molecular weight excluding hydrogens is 396 g/mol. The van der Waals surface area contributed by atoms with E-state index in [1.165, 1.54) is 24.0 Å². The van der Waals surface area contributed by atoms with E-state index in [-0.39, 0.29) is 17.7 Å². The summed E-state index contributed by atoms with van der Waals surface area (Å²) in [7, 11) is -3.28. The molecule has 1 aliphatic carbocycles. The van der Waals surface area contributed by atoms with Gasteiger partial charge in [0.15, 0.2) is 0 Å². The minimum absolute atomic E-state index is 0.0135. The first-order valence-electron chi connectivity index (χ1n) is 10.9. The van der Waals surface area contributed by atoms with Crippen molar-refractivity contribution in [3.05, 3.63) is 70.3 Å². The van der Waals surface area contributed by atoms with Gasteiger partial charge in [-0.05, 0) is 79.8 Å². The normalized spacial score (nSPS) is 18.0.